The van der Waals surface area contributed by atoms with E-state index < -0.39 is 0 Å². The zero-order chi connectivity index (χ0) is 14.0. The van der Waals surface area contributed by atoms with E-state index >= 15 is 0 Å². The maximum absolute atomic E-state index is 12.2. The van der Waals surface area contributed by atoms with Crippen molar-refractivity contribution < 1.29 is 9.90 Å². The predicted molar refractivity (Wildman–Crippen MR) is 74.5 cm³/mol. The second-order valence-electron chi connectivity index (χ2n) is 4.53. The summed E-state index contributed by atoms with van der Waals surface area (Å²) < 4.78 is 0. The number of rotatable bonds is 2. The first kappa shape index (κ1) is 13.1. The zero-order valence-corrected chi connectivity index (χ0v) is 11.2. The van der Waals surface area contributed by atoms with E-state index in [2.05, 4.69) is 10.3 Å². The Morgan fingerprint density at radius 3 is 2.53 bits per heavy atom. The van der Waals surface area contributed by atoms with Crippen LogP contribution in [0.3, 0.4) is 0 Å². The molecule has 2 rings (SSSR count). The summed E-state index contributed by atoms with van der Waals surface area (Å²) in [5.41, 5.74) is 2.76. The van der Waals surface area contributed by atoms with Crippen molar-refractivity contribution in [3.63, 3.8) is 0 Å². The molecule has 0 fully saturated rings. The Morgan fingerprint density at radius 1 is 1.16 bits per heavy atom. The second-order valence-corrected chi connectivity index (χ2v) is 4.53. The SMILES string of the molecule is Cc1ccccc1C(=O)Nc1ncc(C)c(O)c1C. The Morgan fingerprint density at radius 2 is 1.84 bits per heavy atom. The van der Waals surface area contributed by atoms with Crippen molar-refractivity contribution in [3.8, 4) is 5.75 Å². The van der Waals surface area contributed by atoms with Crippen LogP contribution in [0.25, 0.3) is 0 Å². The quantitative estimate of drug-likeness (QED) is 0.868. The third-order valence-electron chi connectivity index (χ3n) is 3.09. The first-order valence-corrected chi connectivity index (χ1v) is 6.03. The van der Waals surface area contributed by atoms with Crippen LogP contribution in [0.1, 0.15) is 27.0 Å². The van der Waals surface area contributed by atoms with Crippen LogP contribution in [0.4, 0.5) is 5.82 Å². The van der Waals surface area contributed by atoms with Crippen molar-refractivity contribution in [2.24, 2.45) is 0 Å². The largest absolute Gasteiger partial charge is 0.507 e. The standard InChI is InChI=1S/C15H16N2O2/c1-9-6-4-5-7-12(9)15(19)17-14-11(3)13(18)10(2)8-16-14/h4-8H,1-3H3,(H2,16,17,18,19). The van der Waals surface area contributed by atoms with Crippen LogP contribution in [0.15, 0.2) is 30.5 Å². The number of nitrogens with zero attached hydrogens (tertiary/aromatic N) is 1. The minimum absolute atomic E-state index is 0.162. The van der Waals surface area contributed by atoms with Crippen molar-refractivity contribution in [2.45, 2.75) is 20.8 Å². The first-order chi connectivity index (χ1) is 9.00. The normalized spacial score (nSPS) is 10.3. The van der Waals surface area contributed by atoms with Gasteiger partial charge in [-0.25, -0.2) is 4.98 Å². The van der Waals surface area contributed by atoms with Crippen molar-refractivity contribution in [3.05, 3.63) is 52.7 Å². The lowest BCUT2D eigenvalue weighted by atomic mass is 10.1. The van der Waals surface area contributed by atoms with Gasteiger partial charge in [-0.2, -0.15) is 0 Å². The van der Waals surface area contributed by atoms with Crippen molar-refractivity contribution in [2.75, 3.05) is 5.32 Å². The molecule has 0 saturated heterocycles. The summed E-state index contributed by atoms with van der Waals surface area (Å²) in [5, 5.41) is 12.6. The molecule has 0 spiro atoms. The number of benzene rings is 1. The number of aromatic hydroxyl groups is 1. The second kappa shape index (κ2) is 5.10. The van der Waals surface area contributed by atoms with Crippen LogP contribution in [0, 0.1) is 20.8 Å². The summed E-state index contributed by atoms with van der Waals surface area (Å²) in [6, 6.07) is 7.33. The highest BCUT2D eigenvalue weighted by molar-refractivity contribution is 6.05. The van der Waals surface area contributed by atoms with Crippen LogP contribution in [-0.4, -0.2) is 16.0 Å². The molecule has 1 amide bonds. The number of pyridine rings is 1. The number of hydrogen-bond donors (Lipinski definition) is 2. The Balaban J connectivity index is 2.30. The molecule has 98 valence electrons. The van der Waals surface area contributed by atoms with E-state index in [1.165, 1.54) is 6.20 Å². The lowest BCUT2D eigenvalue weighted by Gasteiger charge is -2.11. The molecule has 4 heteroatoms. The molecular formula is C15H16N2O2. The minimum Gasteiger partial charge on any atom is -0.507 e. The molecule has 0 atom stereocenters. The summed E-state index contributed by atoms with van der Waals surface area (Å²) in [6.45, 7) is 5.37. The fourth-order valence-corrected chi connectivity index (χ4v) is 1.86. The molecule has 0 aliphatic rings. The molecule has 0 unspecified atom stereocenters. The Kier molecular flexibility index (Phi) is 3.51. The van der Waals surface area contributed by atoms with Gasteiger partial charge in [0.1, 0.15) is 11.6 Å². The van der Waals surface area contributed by atoms with E-state index in [9.17, 15) is 9.90 Å². The van der Waals surface area contributed by atoms with Gasteiger partial charge in [0.2, 0.25) is 0 Å². The maximum Gasteiger partial charge on any atom is 0.257 e. The van der Waals surface area contributed by atoms with E-state index in [1.54, 1.807) is 19.9 Å². The third kappa shape index (κ3) is 2.57. The van der Waals surface area contributed by atoms with E-state index in [1.807, 2.05) is 25.1 Å². The van der Waals surface area contributed by atoms with Gasteiger partial charge in [0.05, 0.1) is 0 Å². The number of nitrogens with one attached hydrogen (secondary N) is 1. The van der Waals surface area contributed by atoms with E-state index in [0.29, 0.717) is 22.5 Å². The number of aryl methyl sites for hydroxylation is 2. The van der Waals surface area contributed by atoms with Crippen molar-refractivity contribution >= 4 is 11.7 Å². The van der Waals surface area contributed by atoms with Crippen molar-refractivity contribution in [1.29, 1.82) is 0 Å². The monoisotopic (exact) mass is 256 g/mol. The van der Waals surface area contributed by atoms with E-state index in [-0.39, 0.29) is 11.7 Å². The van der Waals surface area contributed by atoms with Gasteiger partial charge in [-0.3, -0.25) is 4.79 Å². The van der Waals surface area contributed by atoms with Gasteiger partial charge in [0, 0.05) is 22.9 Å². The predicted octanol–water partition coefficient (Wildman–Crippen LogP) is 2.96. The number of anilines is 1. The number of carbonyl (C=O) groups excluding carboxylic acids is 1. The lowest BCUT2D eigenvalue weighted by Crippen LogP contribution is -2.15. The highest BCUT2D eigenvalue weighted by Gasteiger charge is 2.13. The summed E-state index contributed by atoms with van der Waals surface area (Å²) in [6.07, 6.45) is 1.54. The molecule has 1 heterocycles. The highest BCUT2D eigenvalue weighted by Crippen LogP contribution is 2.26. The number of amides is 1. The minimum atomic E-state index is -0.225. The summed E-state index contributed by atoms with van der Waals surface area (Å²) in [5.74, 6) is 0.323. The molecule has 0 radical (unpaired) electrons. The van der Waals surface area contributed by atoms with Crippen LogP contribution in [0.2, 0.25) is 0 Å². The van der Waals surface area contributed by atoms with Gasteiger partial charge in [-0.15, -0.1) is 0 Å². The lowest BCUT2D eigenvalue weighted by molar-refractivity contribution is 0.102. The Labute approximate surface area is 112 Å². The highest BCUT2D eigenvalue weighted by atomic mass is 16.3. The van der Waals surface area contributed by atoms with Gasteiger partial charge in [0.15, 0.2) is 0 Å². The smallest absolute Gasteiger partial charge is 0.257 e. The molecule has 0 aliphatic carbocycles. The average molecular weight is 256 g/mol. The van der Waals surface area contributed by atoms with Gasteiger partial charge < -0.3 is 10.4 Å². The van der Waals surface area contributed by atoms with Gasteiger partial charge in [-0.1, -0.05) is 18.2 Å². The topological polar surface area (TPSA) is 62.2 Å². The van der Waals surface area contributed by atoms with Gasteiger partial charge in [-0.05, 0) is 32.4 Å². The van der Waals surface area contributed by atoms with Crippen LogP contribution in [0.5, 0.6) is 5.75 Å². The van der Waals surface area contributed by atoms with E-state index in [0.717, 1.165) is 5.56 Å². The third-order valence-corrected chi connectivity index (χ3v) is 3.09. The number of carbonyl (C=O) groups is 1. The van der Waals surface area contributed by atoms with E-state index in [4.69, 9.17) is 0 Å². The summed E-state index contributed by atoms with van der Waals surface area (Å²) >= 11 is 0. The molecule has 19 heavy (non-hydrogen) atoms. The van der Waals surface area contributed by atoms with Crippen molar-refractivity contribution in [1.82, 2.24) is 4.98 Å². The van der Waals surface area contributed by atoms with Crippen LogP contribution in [-0.2, 0) is 0 Å². The number of aromatic nitrogens is 1. The Bertz CT molecular complexity index is 636. The molecule has 4 nitrogen and oxygen atoms in total. The number of hydrogen-bond acceptors (Lipinski definition) is 3. The van der Waals surface area contributed by atoms with Gasteiger partial charge >= 0.3 is 0 Å². The average Bonchev–Trinajstić information content (AvgIpc) is 2.40. The summed E-state index contributed by atoms with van der Waals surface area (Å²) in [4.78, 5) is 16.3. The van der Waals surface area contributed by atoms with Gasteiger partial charge in [0.25, 0.3) is 5.91 Å². The molecule has 0 bridgehead atoms. The summed E-state index contributed by atoms with van der Waals surface area (Å²) in [7, 11) is 0. The fourth-order valence-electron chi connectivity index (χ4n) is 1.86. The van der Waals surface area contributed by atoms with Crippen LogP contribution < -0.4 is 5.32 Å². The Hall–Kier alpha value is -2.36. The molecular weight excluding hydrogens is 240 g/mol. The molecule has 0 aliphatic heterocycles. The first-order valence-electron chi connectivity index (χ1n) is 6.03. The molecule has 0 saturated carbocycles. The fraction of sp³-hybridized carbons (Fsp3) is 0.200. The molecule has 2 N–H and O–H groups in total. The molecule has 1 aromatic carbocycles. The molecule has 2 aromatic rings. The van der Waals surface area contributed by atoms with Crippen LogP contribution >= 0.6 is 0 Å². The molecule has 1 aromatic heterocycles. The zero-order valence-electron chi connectivity index (χ0n) is 11.2. The maximum atomic E-state index is 12.2.